The zero-order valence-electron chi connectivity index (χ0n) is 14.2. The molecule has 4 heteroatoms. The summed E-state index contributed by atoms with van der Waals surface area (Å²) in [7, 11) is 0. The Balaban J connectivity index is 1.48. The van der Waals surface area contributed by atoms with Gasteiger partial charge in [0.2, 0.25) is 0 Å². The van der Waals surface area contributed by atoms with Crippen molar-refractivity contribution in [3.63, 3.8) is 0 Å². The molecule has 1 aromatic heterocycles. The predicted octanol–water partition coefficient (Wildman–Crippen LogP) is 4.16. The molecule has 3 aromatic rings. The van der Waals surface area contributed by atoms with E-state index in [2.05, 4.69) is 28.2 Å². The first-order valence-corrected chi connectivity index (χ1v) is 9.24. The number of carbonyl (C=O) groups excluding carboxylic acids is 1. The average molecular weight is 358 g/mol. The number of hydrogen-bond donors (Lipinski definition) is 1. The van der Waals surface area contributed by atoms with Crippen molar-refractivity contribution in [3.8, 4) is 11.8 Å². The zero-order valence-corrected chi connectivity index (χ0v) is 15.0. The van der Waals surface area contributed by atoms with Crippen molar-refractivity contribution in [2.45, 2.75) is 10.6 Å². The molecule has 0 saturated carbocycles. The standard InChI is InChI=1S/C22H18N2OS/c25-22(24-15-5-8-18-6-2-1-3-7-18)20-10-12-21(13-11-20)26-17-19-9-4-14-23-16-19/h1-4,6-7,9-14,16H,15,17H2,(H,24,25). The third-order valence-electron chi connectivity index (χ3n) is 3.59. The predicted molar refractivity (Wildman–Crippen MR) is 106 cm³/mol. The molecule has 0 bridgehead atoms. The molecule has 0 aliphatic heterocycles. The normalized spacial score (nSPS) is 9.85. The van der Waals surface area contributed by atoms with E-state index in [0.717, 1.165) is 16.2 Å². The van der Waals surface area contributed by atoms with Crippen molar-refractivity contribution >= 4 is 17.7 Å². The van der Waals surface area contributed by atoms with Gasteiger partial charge in [-0.2, -0.15) is 0 Å². The first kappa shape index (κ1) is 17.8. The second kappa shape index (κ2) is 9.45. The van der Waals surface area contributed by atoms with Crippen molar-refractivity contribution in [1.82, 2.24) is 10.3 Å². The molecule has 3 rings (SSSR count). The molecule has 0 saturated heterocycles. The highest BCUT2D eigenvalue weighted by molar-refractivity contribution is 7.98. The van der Waals surface area contributed by atoms with Gasteiger partial charge in [-0.05, 0) is 48.0 Å². The van der Waals surface area contributed by atoms with Crippen LogP contribution in [-0.4, -0.2) is 17.4 Å². The van der Waals surface area contributed by atoms with Crippen LogP contribution in [0.2, 0.25) is 0 Å². The van der Waals surface area contributed by atoms with Crippen LogP contribution < -0.4 is 5.32 Å². The second-order valence-corrected chi connectivity index (χ2v) is 6.57. The molecule has 0 radical (unpaired) electrons. The molecule has 0 unspecified atom stereocenters. The van der Waals surface area contributed by atoms with Crippen LogP contribution >= 0.6 is 11.8 Å². The molecule has 2 aromatic carbocycles. The van der Waals surface area contributed by atoms with E-state index in [1.54, 1.807) is 18.0 Å². The molecule has 3 nitrogen and oxygen atoms in total. The Kier molecular flexibility index (Phi) is 6.46. The van der Waals surface area contributed by atoms with Gasteiger partial charge in [-0.25, -0.2) is 0 Å². The minimum atomic E-state index is -0.115. The van der Waals surface area contributed by atoms with Gasteiger partial charge in [0.1, 0.15) is 0 Å². The monoisotopic (exact) mass is 358 g/mol. The number of benzene rings is 2. The summed E-state index contributed by atoms with van der Waals surface area (Å²) in [5.74, 6) is 6.72. The molecule has 0 fully saturated rings. The van der Waals surface area contributed by atoms with Crippen LogP contribution in [0, 0.1) is 11.8 Å². The number of carbonyl (C=O) groups is 1. The fourth-order valence-electron chi connectivity index (χ4n) is 2.25. The number of amides is 1. The number of rotatable bonds is 5. The lowest BCUT2D eigenvalue weighted by molar-refractivity contribution is 0.0958. The van der Waals surface area contributed by atoms with Gasteiger partial charge in [0.25, 0.3) is 5.91 Å². The van der Waals surface area contributed by atoms with Gasteiger partial charge in [0.05, 0.1) is 6.54 Å². The lowest BCUT2D eigenvalue weighted by Crippen LogP contribution is -2.23. The highest BCUT2D eigenvalue weighted by Gasteiger charge is 2.04. The van der Waals surface area contributed by atoms with Crippen LogP contribution in [0.1, 0.15) is 21.5 Å². The molecule has 0 spiro atoms. The maximum atomic E-state index is 12.2. The van der Waals surface area contributed by atoms with Crippen LogP contribution in [0.25, 0.3) is 0 Å². The largest absolute Gasteiger partial charge is 0.341 e. The van der Waals surface area contributed by atoms with E-state index >= 15 is 0 Å². The van der Waals surface area contributed by atoms with Gasteiger partial charge in [0.15, 0.2) is 0 Å². The molecule has 1 amide bonds. The Morgan fingerprint density at radius 3 is 2.54 bits per heavy atom. The first-order valence-electron chi connectivity index (χ1n) is 8.25. The zero-order chi connectivity index (χ0) is 18.0. The van der Waals surface area contributed by atoms with Crippen molar-refractivity contribution in [2.24, 2.45) is 0 Å². The third kappa shape index (κ3) is 5.51. The Labute approximate surface area is 157 Å². The van der Waals surface area contributed by atoms with E-state index in [0.29, 0.717) is 12.1 Å². The molecule has 1 heterocycles. The minimum Gasteiger partial charge on any atom is -0.341 e. The molecule has 26 heavy (non-hydrogen) atoms. The van der Waals surface area contributed by atoms with Gasteiger partial charge >= 0.3 is 0 Å². The summed E-state index contributed by atoms with van der Waals surface area (Å²) in [6.45, 7) is 0.325. The highest BCUT2D eigenvalue weighted by Crippen LogP contribution is 2.22. The molecule has 0 aliphatic carbocycles. The summed E-state index contributed by atoms with van der Waals surface area (Å²) < 4.78 is 0. The number of hydrogen-bond acceptors (Lipinski definition) is 3. The van der Waals surface area contributed by atoms with Crippen molar-refractivity contribution in [1.29, 1.82) is 0 Å². The Bertz CT molecular complexity index is 898. The topological polar surface area (TPSA) is 42.0 Å². The Hall–Kier alpha value is -3.03. The van der Waals surface area contributed by atoms with Crippen LogP contribution in [-0.2, 0) is 5.75 Å². The van der Waals surface area contributed by atoms with E-state index in [1.807, 2.05) is 66.9 Å². The second-order valence-electron chi connectivity index (χ2n) is 5.52. The van der Waals surface area contributed by atoms with Gasteiger partial charge in [-0.1, -0.05) is 36.1 Å². The summed E-state index contributed by atoms with van der Waals surface area (Å²) in [5, 5.41) is 2.82. The van der Waals surface area contributed by atoms with E-state index in [9.17, 15) is 4.79 Å². The van der Waals surface area contributed by atoms with Crippen LogP contribution in [0.4, 0.5) is 0 Å². The maximum Gasteiger partial charge on any atom is 0.252 e. The molecular formula is C22H18N2OS. The highest BCUT2D eigenvalue weighted by atomic mass is 32.2. The van der Waals surface area contributed by atoms with E-state index < -0.39 is 0 Å². The smallest absolute Gasteiger partial charge is 0.252 e. The minimum absolute atomic E-state index is 0.115. The van der Waals surface area contributed by atoms with Gasteiger partial charge in [-0.3, -0.25) is 9.78 Å². The quantitative estimate of drug-likeness (QED) is 0.550. The van der Waals surface area contributed by atoms with Crippen LogP contribution in [0.15, 0.2) is 84.0 Å². The average Bonchev–Trinajstić information content (AvgIpc) is 2.71. The van der Waals surface area contributed by atoms with E-state index in [1.165, 1.54) is 5.56 Å². The number of pyridine rings is 1. The maximum absolute atomic E-state index is 12.2. The SMILES string of the molecule is O=C(NCC#Cc1ccccc1)c1ccc(SCc2cccnc2)cc1. The third-order valence-corrected chi connectivity index (χ3v) is 4.67. The van der Waals surface area contributed by atoms with Crippen molar-refractivity contribution in [2.75, 3.05) is 6.54 Å². The van der Waals surface area contributed by atoms with Crippen molar-refractivity contribution < 1.29 is 4.79 Å². The first-order chi connectivity index (χ1) is 12.8. The summed E-state index contributed by atoms with van der Waals surface area (Å²) in [6, 6.07) is 21.3. The van der Waals surface area contributed by atoms with Crippen LogP contribution in [0.3, 0.4) is 0 Å². The molecule has 128 valence electrons. The fraction of sp³-hybridized carbons (Fsp3) is 0.0909. The number of aromatic nitrogens is 1. The molecule has 1 N–H and O–H groups in total. The summed E-state index contributed by atoms with van der Waals surface area (Å²) in [5.41, 5.74) is 2.75. The molecule has 0 atom stereocenters. The van der Waals surface area contributed by atoms with Crippen LogP contribution in [0.5, 0.6) is 0 Å². The number of thioether (sulfide) groups is 1. The lowest BCUT2D eigenvalue weighted by Gasteiger charge is -2.04. The molecule has 0 aliphatic rings. The van der Waals surface area contributed by atoms with Gasteiger partial charge in [0, 0.05) is 34.2 Å². The number of nitrogens with zero attached hydrogens (tertiary/aromatic N) is 1. The summed E-state index contributed by atoms with van der Waals surface area (Å²) in [4.78, 5) is 17.4. The summed E-state index contributed by atoms with van der Waals surface area (Å²) in [6.07, 6.45) is 3.64. The Morgan fingerprint density at radius 2 is 1.81 bits per heavy atom. The number of nitrogens with one attached hydrogen (secondary N) is 1. The van der Waals surface area contributed by atoms with E-state index in [-0.39, 0.29) is 5.91 Å². The lowest BCUT2D eigenvalue weighted by atomic mass is 10.2. The fourth-order valence-corrected chi connectivity index (χ4v) is 3.08. The van der Waals surface area contributed by atoms with Crippen molar-refractivity contribution in [3.05, 3.63) is 95.8 Å². The van der Waals surface area contributed by atoms with E-state index in [4.69, 9.17) is 0 Å². The van der Waals surface area contributed by atoms with Gasteiger partial charge in [-0.15, -0.1) is 11.8 Å². The van der Waals surface area contributed by atoms with Gasteiger partial charge < -0.3 is 5.32 Å². The summed E-state index contributed by atoms with van der Waals surface area (Å²) >= 11 is 1.72. The Morgan fingerprint density at radius 1 is 1.00 bits per heavy atom. The molecular weight excluding hydrogens is 340 g/mol.